The Labute approximate surface area is 130 Å². The molecule has 7 heteroatoms. The van der Waals surface area contributed by atoms with Crippen molar-refractivity contribution in [1.29, 1.82) is 0 Å². The van der Waals surface area contributed by atoms with Crippen LogP contribution < -0.4 is 11.1 Å². The molecule has 0 radical (unpaired) electrons. The fraction of sp³-hybridized carbons (Fsp3) is 0.0625. The van der Waals surface area contributed by atoms with Crippen LogP contribution in [0.3, 0.4) is 0 Å². The Morgan fingerprint density at radius 2 is 2.04 bits per heavy atom. The summed E-state index contributed by atoms with van der Waals surface area (Å²) in [5.41, 5.74) is 4.78. The molecule has 2 N–H and O–H groups in total. The molecule has 0 unspecified atom stereocenters. The van der Waals surface area contributed by atoms with E-state index in [0.29, 0.717) is 11.1 Å². The molecule has 0 saturated heterocycles. The van der Waals surface area contributed by atoms with Gasteiger partial charge in [-0.25, -0.2) is 4.79 Å². The number of benzene rings is 1. The van der Waals surface area contributed by atoms with Crippen LogP contribution >= 0.6 is 0 Å². The summed E-state index contributed by atoms with van der Waals surface area (Å²) in [5.74, 6) is -0.456. The van der Waals surface area contributed by atoms with Crippen molar-refractivity contribution >= 4 is 22.5 Å². The standard InChI is InChI=1S/C16H13N5O2/c1-21-9-13(8-18-21)19-12-4-11(6-17-7-12)10-2-3-14-15(5-10)23-16(22)20-14/h2-9,19H,1H3,(H,20,22). The number of aromatic nitrogens is 4. The van der Waals surface area contributed by atoms with Gasteiger partial charge in [0.05, 0.1) is 29.3 Å². The number of nitrogens with zero attached hydrogens (tertiary/aromatic N) is 3. The summed E-state index contributed by atoms with van der Waals surface area (Å²) in [6.07, 6.45) is 7.13. The summed E-state index contributed by atoms with van der Waals surface area (Å²) >= 11 is 0. The second-order valence-corrected chi connectivity index (χ2v) is 5.22. The molecule has 114 valence electrons. The number of anilines is 2. The highest BCUT2D eigenvalue weighted by Gasteiger charge is 2.06. The second-order valence-electron chi connectivity index (χ2n) is 5.22. The molecule has 0 fully saturated rings. The van der Waals surface area contributed by atoms with Crippen LogP contribution in [0, 0.1) is 0 Å². The van der Waals surface area contributed by atoms with Crippen molar-refractivity contribution in [2.75, 3.05) is 5.32 Å². The zero-order valence-electron chi connectivity index (χ0n) is 12.3. The van der Waals surface area contributed by atoms with Crippen LogP contribution in [0.2, 0.25) is 0 Å². The molecule has 4 aromatic rings. The van der Waals surface area contributed by atoms with Crippen molar-refractivity contribution in [3.05, 3.63) is 59.6 Å². The topological polar surface area (TPSA) is 88.7 Å². The quantitative estimate of drug-likeness (QED) is 0.607. The van der Waals surface area contributed by atoms with Crippen molar-refractivity contribution < 1.29 is 4.42 Å². The predicted molar refractivity (Wildman–Crippen MR) is 86.6 cm³/mol. The molecular formula is C16H13N5O2. The van der Waals surface area contributed by atoms with Gasteiger partial charge in [-0.2, -0.15) is 5.10 Å². The highest BCUT2D eigenvalue weighted by Crippen LogP contribution is 2.25. The third-order valence-electron chi connectivity index (χ3n) is 3.49. The fourth-order valence-corrected chi connectivity index (χ4v) is 2.44. The maximum atomic E-state index is 11.2. The number of hydrogen-bond acceptors (Lipinski definition) is 5. The van der Waals surface area contributed by atoms with Gasteiger partial charge < -0.3 is 9.73 Å². The molecule has 0 spiro atoms. The van der Waals surface area contributed by atoms with Crippen LogP contribution in [0.5, 0.6) is 0 Å². The average Bonchev–Trinajstić information content (AvgIpc) is 3.11. The van der Waals surface area contributed by atoms with Crippen molar-refractivity contribution in [2.24, 2.45) is 7.05 Å². The van der Waals surface area contributed by atoms with Crippen LogP contribution in [0.1, 0.15) is 0 Å². The van der Waals surface area contributed by atoms with E-state index in [1.165, 1.54) is 0 Å². The van der Waals surface area contributed by atoms with Crippen molar-refractivity contribution in [3.63, 3.8) is 0 Å². The van der Waals surface area contributed by atoms with E-state index in [-0.39, 0.29) is 0 Å². The molecule has 0 aliphatic rings. The number of oxazole rings is 1. The van der Waals surface area contributed by atoms with Crippen LogP contribution in [0.25, 0.3) is 22.2 Å². The molecule has 0 aliphatic heterocycles. The largest absolute Gasteiger partial charge is 0.417 e. The Hall–Kier alpha value is -3.35. The number of pyridine rings is 1. The summed E-state index contributed by atoms with van der Waals surface area (Å²) in [4.78, 5) is 18.1. The number of aryl methyl sites for hydroxylation is 1. The van der Waals surface area contributed by atoms with Gasteiger partial charge in [-0.1, -0.05) is 6.07 Å². The summed E-state index contributed by atoms with van der Waals surface area (Å²) in [5, 5.41) is 7.37. The minimum Gasteiger partial charge on any atom is -0.408 e. The lowest BCUT2D eigenvalue weighted by Gasteiger charge is -2.06. The number of H-pyrrole nitrogens is 1. The highest BCUT2D eigenvalue weighted by atomic mass is 16.4. The summed E-state index contributed by atoms with van der Waals surface area (Å²) in [7, 11) is 1.86. The van der Waals surface area contributed by atoms with Gasteiger partial charge in [0, 0.05) is 25.0 Å². The van der Waals surface area contributed by atoms with E-state index in [1.54, 1.807) is 23.3 Å². The molecule has 0 bridgehead atoms. The van der Waals surface area contributed by atoms with Gasteiger partial charge in [-0.05, 0) is 23.8 Å². The normalized spacial score (nSPS) is 11.0. The first-order chi connectivity index (χ1) is 11.2. The van der Waals surface area contributed by atoms with Crippen molar-refractivity contribution in [2.45, 2.75) is 0 Å². The molecule has 23 heavy (non-hydrogen) atoms. The predicted octanol–water partition coefficient (Wildman–Crippen LogP) is 2.66. The van der Waals surface area contributed by atoms with E-state index in [9.17, 15) is 4.79 Å². The number of nitrogens with one attached hydrogen (secondary N) is 2. The van der Waals surface area contributed by atoms with Crippen LogP contribution in [0.15, 0.2) is 58.3 Å². The molecule has 3 heterocycles. The van der Waals surface area contributed by atoms with E-state index in [1.807, 2.05) is 37.5 Å². The average molecular weight is 307 g/mol. The Morgan fingerprint density at radius 1 is 1.13 bits per heavy atom. The van der Waals surface area contributed by atoms with E-state index in [2.05, 4.69) is 20.4 Å². The molecule has 0 amide bonds. The van der Waals surface area contributed by atoms with Gasteiger partial charge in [0.15, 0.2) is 5.58 Å². The number of fused-ring (bicyclic) bond motifs is 1. The molecule has 3 aromatic heterocycles. The minimum absolute atomic E-state index is 0.456. The molecule has 0 aliphatic carbocycles. The second kappa shape index (κ2) is 5.13. The number of hydrogen-bond donors (Lipinski definition) is 2. The van der Waals surface area contributed by atoms with Gasteiger partial charge in [0.1, 0.15) is 0 Å². The van der Waals surface area contributed by atoms with Crippen LogP contribution in [-0.2, 0) is 7.05 Å². The van der Waals surface area contributed by atoms with Crippen molar-refractivity contribution in [3.8, 4) is 11.1 Å². The fourth-order valence-electron chi connectivity index (χ4n) is 2.44. The maximum absolute atomic E-state index is 11.2. The smallest absolute Gasteiger partial charge is 0.408 e. The minimum atomic E-state index is -0.456. The first-order valence-electron chi connectivity index (χ1n) is 7.01. The van der Waals surface area contributed by atoms with E-state index in [0.717, 1.165) is 22.5 Å². The summed E-state index contributed by atoms with van der Waals surface area (Å²) < 4.78 is 6.82. The lowest BCUT2D eigenvalue weighted by molar-refractivity contribution is 0.555. The Balaban J connectivity index is 1.70. The Kier molecular flexibility index (Phi) is 2.97. The first kappa shape index (κ1) is 13.3. The Morgan fingerprint density at radius 3 is 2.87 bits per heavy atom. The molecule has 0 atom stereocenters. The monoisotopic (exact) mass is 307 g/mol. The zero-order valence-corrected chi connectivity index (χ0v) is 12.3. The van der Waals surface area contributed by atoms with Gasteiger partial charge in [0.2, 0.25) is 0 Å². The molecule has 4 rings (SSSR count). The number of aromatic amines is 1. The van der Waals surface area contributed by atoms with E-state index < -0.39 is 5.76 Å². The molecular weight excluding hydrogens is 294 g/mol. The van der Waals surface area contributed by atoms with Gasteiger partial charge >= 0.3 is 5.76 Å². The lowest BCUT2D eigenvalue weighted by atomic mass is 10.1. The van der Waals surface area contributed by atoms with Crippen LogP contribution in [0.4, 0.5) is 11.4 Å². The third kappa shape index (κ3) is 2.59. The van der Waals surface area contributed by atoms with Gasteiger partial charge in [0.25, 0.3) is 0 Å². The zero-order chi connectivity index (χ0) is 15.8. The summed E-state index contributed by atoms with van der Waals surface area (Å²) in [6, 6.07) is 7.53. The number of rotatable bonds is 3. The first-order valence-corrected chi connectivity index (χ1v) is 7.01. The third-order valence-corrected chi connectivity index (χ3v) is 3.49. The van der Waals surface area contributed by atoms with Crippen LogP contribution in [-0.4, -0.2) is 19.7 Å². The Bertz CT molecular complexity index is 1040. The van der Waals surface area contributed by atoms with Crippen molar-refractivity contribution in [1.82, 2.24) is 19.7 Å². The highest BCUT2D eigenvalue weighted by molar-refractivity contribution is 5.80. The van der Waals surface area contributed by atoms with Gasteiger partial charge in [-0.3, -0.25) is 14.6 Å². The lowest BCUT2D eigenvalue weighted by Crippen LogP contribution is -1.92. The van der Waals surface area contributed by atoms with E-state index >= 15 is 0 Å². The summed E-state index contributed by atoms with van der Waals surface area (Å²) in [6.45, 7) is 0. The maximum Gasteiger partial charge on any atom is 0.417 e. The SMILES string of the molecule is Cn1cc(Nc2cncc(-c3ccc4[nH]c(=O)oc4c3)c2)cn1. The molecule has 7 nitrogen and oxygen atoms in total. The molecule has 1 aromatic carbocycles. The molecule has 0 saturated carbocycles. The van der Waals surface area contributed by atoms with Gasteiger partial charge in [-0.15, -0.1) is 0 Å². The van der Waals surface area contributed by atoms with E-state index in [4.69, 9.17) is 4.42 Å².